The summed E-state index contributed by atoms with van der Waals surface area (Å²) in [6, 6.07) is 7.91. The van der Waals surface area contributed by atoms with Gasteiger partial charge in [0.15, 0.2) is 0 Å². The molecule has 2 rings (SSSR count). The molecular weight excluding hydrogens is 240 g/mol. The second-order valence-electron chi connectivity index (χ2n) is 5.05. The molecule has 4 heteroatoms. The van der Waals surface area contributed by atoms with Crippen LogP contribution in [-0.2, 0) is 0 Å². The maximum absolute atomic E-state index is 11.4. The number of aryl methyl sites for hydroxylation is 2. The lowest BCUT2D eigenvalue weighted by Gasteiger charge is -2.11. The van der Waals surface area contributed by atoms with Gasteiger partial charge in [-0.1, -0.05) is 31.5 Å². The van der Waals surface area contributed by atoms with Crippen molar-refractivity contribution in [1.82, 2.24) is 9.78 Å². The fraction of sp³-hybridized carbons (Fsp3) is 0.333. The van der Waals surface area contributed by atoms with Crippen molar-refractivity contribution in [2.45, 2.75) is 33.6 Å². The summed E-state index contributed by atoms with van der Waals surface area (Å²) in [6.45, 7) is 7.71. The highest BCUT2D eigenvalue weighted by molar-refractivity contribution is 5.90. The zero-order valence-corrected chi connectivity index (χ0v) is 11.6. The number of carboxylic acids is 1. The van der Waals surface area contributed by atoms with Crippen LogP contribution in [0.15, 0.2) is 24.3 Å². The Bertz CT molecular complexity index is 610. The maximum Gasteiger partial charge on any atom is 0.339 e. The van der Waals surface area contributed by atoms with Crippen LogP contribution >= 0.6 is 0 Å². The van der Waals surface area contributed by atoms with Gasteiger partial charge in [0.2, 0.25) is 0 Å². The Morgan fingerprint density at radius 3 is 2.26 bits per heavy atom. The van der Waals surface area contributed by atoms with Crippen molar-refractivity contribution in [2.75, 3.05) is 0 Å². The summed E-state index contributed by atoms with van der Waals surface area (Å²) in [4.78, 5) is 11.4. The van der Waals surface area contributed by atoms with E-state index in [0.29, 0.717) is 11.3 Å². The van der Waals surface area contributed by atoms with Gasteiger partial charge < -0.3 is 5.11 Å². The van der Waals surface area contributed by atoms with Crippen LogP contribution in [0.3, 0.4) is 0 Å². The molecule has 0 atom stereocenters. The van der Waals surface area contributed by atoms with Gasteiger partial charge in [0, 0.05) is 0 Å². The zero-order valence-electron chi connectivity index (χ0n) is 11.6. The van der Waals surface area contributed by atoms with Crippen LogP contribution in [0, 0.1) is 13.8 Å². The second-order valence-corrected chi connectivity index (χ2v) is 5.05. The summed E-state index contributed by atoms with van der Waals surface area (Å²) >= 11 is 0. The molecule has 0 aliphatic heterocycles. The van der Waals surface area contributed by atoms with Gasteiger partial charge in [-0.25, -0.2) is 9.48 Å². The zero-order chi connectivity index (χ0) is 14.2. The predicted octanol–water partition coefficient (Wildman–Crippen LogP) is 3.31. The number of hydrogen-bond acceptors (Lipinski definition) is 2. The third-order valence-corrected chi connectivity index (χ3v) is 3.14. The highest BCUT2D eigenvalue weighted by Gasteiger charge is 2.23. The van der Waals surface area contributed by atoms with E-state index in [0.717, 1.165) is 16.9 Å². The van der Waals surface area contributed by atoms with Gasteiger partial charge in [-0.3, -0.25) is 0 Å². The van der Waals surface area contributed by atoms with Gasteiger partial charge in [0.05, 0.1) is 17.1 Å². The number of aromatic nitrogens is 2. The van der Waals surface area contributed by atoms with Crippen LogP contribution < -0.4 is 0 Å². The van der Waals surface area contributed by atoms with E-state index >= 15 is 0 Å². The van der Waals surface area contributed by atoms with E-state index in [-0.39, 0.29) is 5.92 Å². The lowest BCUT2D eigenvalue weighted by atomic mass is 10.0. The Labute approximate surface area is 112 Å². The van der Waals surface area contributed by atoms with Gasteiger partial charge in [-0.2, -0.15) is 5.10 Å². The smallest absolute Gasteiger partial charge is 0.339 e. The molecule has 19 heavy (non-hydrogen) atoms. The highest BCUT2D eigenvalue weighted by Crippen LogP contribution is 2.25. The molecule has 0 aliphatic carbocycles. The van der Waals surface area contributed by atoms with Gasteiger partial charge >= 0.3 is 5.97 Å². The average Bonchev–Trinajstić information content (AvgIpc) is 2.68. The Morgan fingerprint density at radius 1 is 1.21 bits per heavy atom. The Hall–Kier alpha value is -2.10. The van der Waals surface area contributed by atoms with Crippen molar-refractivity contribution in [1.29, 1.82) is 0 Å². The van der Waals surface area contributed by atoms with Gasteiger partial charge in [0.25, 0.3) is 0 Å². The van der Waals surface area contributed by atoms with Gasteiger partial charge in [0.1, 0.15) is 5.56 Å². The SMILES string of the molecule is Cc1ccc(-n2nc(C)c(C(=O)O)c2C(C)C)cc1. The molecule has 1 aromatic heterocycles. The molecule has 1 aromatic carbocycles. The van der Waals surface area contributed by atoms with Crippen molar-refractivity contribution in [3.63, 3.8) is 0 Å². The van der Waals surface area contributed by atoms with Crippen molar-refractivity contribution < 1.29 is 9.90 Å². The summed E-state index contributed by atoms with van der Waals surface area (Å²) in [7, 11) is 0. The minimum atomic E-state index is -0.917. The Morgan fingerprint density at radius 2 is 1.79 bits per heavy atom. The second kappa shape index (κ2) is 4.88. The molecular formula is C15H18N2O2. The molecule has 0 unspecified atom stereocenters. The summed E-state index contributed by atoms with van der Waals surface area (Å²) in [6.07, 6.45) is 0. The van der Waals surface area contributed by atoms with Crippen molar-refractivity contribution in [3.05, 3.63) is 46.8 Å². The topological polar surface area (TPSA) is 55.1 Å². The molecule has 0 aliphatic rings. The first-order valence-electron chi connectivity index (χ1n) is 6.31. The number of rotatable bonds is 3. The largest absolute Gasteiger partial charge is 0.478 e. The first kappa shape index (κ1) is 13.3. The van der Waals surface area contributed by atoms with Crippen LogP contribution in [-0.4, -0.2) is 20.9 Å². The van der Waals surface area contributed by atoms with Crippen LogP contribution in [0.25, 0.3) is 5.69 Å². The lowest BCUT2D eigenvalue weighted by Crippen LogP contribution is -2.08. The molecule has 0 radical (unpaired) electrons. The molecule has 1 heterocycles. The molecule has 0 saturated heterocycles. The molecule has 4 nitrogen and oxygen atoms in total. The molecule has 100 valence electrons. The number of aromatic carboxylic acids is 1. The van der Waals surface area contributed by atoms with Crippen molar-refractivity contribution >= 4 is 5.97 Å². The molecule has 0 saturated carbocycles. The minimum Gasteiger partial charge on any atom is -0.478 e. The molecule has 0 amide bonds. The van der Waals surface area contributed by atoms with Gasteiger partial charge in [-0.05, 0) is 31.9 Å². The maximum atomic E-state index is 11.4. The van der Waals surface area contributed by atoms with E-state index in [9.17, 15) is 9.90 Å². The predicted molar refractivity (Wildman–Crippen MR) is 74.1 cm³/mol. The Kier molecular flexibility index (Phi) is 3.42. The first-order valence-corrected chi connectivity index (χ1v) is 6.31. The highest BCUT2D eigenvalue weighted by atomic mass is 16.4. The molecule has 0 bridgehead atoms. The van der Waals surface area contributed by atoms with E-state index in [4.69, 9.17) is 0 Å². The fourth-order valence-corrected chi connectivity index (χ4v) is 2.23. The Balaban J connectivity index is 2.67. The van der Waals surface area contributed by atoms with Crippen LogP contribution in [0.2, 0.25) is 0 Å². The number of carboxylic acid groups (broad SMARTS) is 1. The summed E-state index contributed by atoms with van der Waals surface area (Å²) in [5, 5.41) is 13.7. The number of benzene rings is 1. The molecule has 1 N–H and O–H groups in total. The molecule has 0 spiro atoms. The van der Waals surface area contributed by atoms with Gasteiger partial charge in [-0.15, -0.1) is 0 Å². The normalized spacial score (nSPS) is 11.0. The summed E-state index contributed by atoms with van der Waals surface area (Å²) < 4.78 is 1.74. The molecule has 0 fully saturated rings. The summed E-state index contributed by atoms with van der Waals surface area (Å²) in [5.41, 5.74) is 3.67. The third kappa shape index (κ3) is 2.38. The van der Waals surface area contributed by atoms with Crippen LogP contribution in [0.5, 0.6) is 0 Å². The number of carbonyl (C=O) groups is 1. The minimum absolute atomic E-state index is 0.0913. The monoisotopic (exact) mass is 258 g/mol. The van der Waals surface area contributed by atoms with E-state index in [1.165, 1.54) is 0 Å². The molecule has 2 aromatic rings. The van der Waals surface area contributed by atoms with Crippen LogP contribution in [0.1, 0.15) is 47.1 Å². The summed E-state index contributed by atoms with van der Waals surface area (Å²) in [5.74, 6) is -0.826. The third-order valence-electron chi connectivity index (χ3n) is 3.14. The van der Waals surface area contributed by atoms with Crippen molar-refractivity contribution in [2.24, 2.45) is 0 Å². The standard InChI is InChI=1S/C15H18N2O2/c1-9(2)14-13(15(18)19)11(4)16-17(14)12-7-5-10(3)6-8-12/h5-9H,1-4H3,(H,18,19). The number of hydrogen-bond donors (Lipinski definition) is 1. The van der Waals surface area contributed by atoms with E-state index in [1.807, 2.05) is 45.0 Å². The number of nitrogens with zero attached hydrogens (tertiary/aromatic N) is 2. The quantitative estimate of drug-likeness (QED) is 0.918. The first-order chi connectivity index (χ1) is 8.91. The average molecular weight is 258 g/mol. The van der Waals surface area contributed by atoms with Crippen molar-refractivity contribution in [3.8, 4) is 5.69 Å². The van der Waals surface area contributed by atoms with Crippen LogP contribution in [0.4, 0.5) is 0 Å². The fourth-order valence-electron chi connectivity index (χ4n) is 2.23. The van der Waals surface area contributed by atoms with E-state index < -0.39 is 5.97 Å². The lowest BCUT2D eigenvalue weighted by molar-refractivity contribution is 0.0694. The van der Waals surface area contributed by atoms with E-state index in [2.05, 4.69) is 5.10 Å². The van der Waals surface area contributed by atoms with E-state index in [1.54, 1.807) is 11.6 Å².